The summed E-state index contributed by atoms with van der Waals surface area (Å²) >= 11 is 0. The molecule has 0 radical (unpaired) electrons. The van der Waals surface area contributed by atoms with Crippen LogP contribution in [-0.2, 0) is 16.3 Å². The number of aliphatic imine (C=N–C) groups is 1. The van der Waals surface area contributed by atoms with E-state index in [4.69, 9.17) is 9.41 Å². The van der Waals surface area contributed by atoms with Crippen LogP contribution in [0.15, 0.2) is 57.0 Å². The number of likely N-dealkylation sites (tertiary alicyclic amines) is 1. The van der Waals surface area contributed by atoms with E-state index in [9.17, 15) is 8.42 Å². The van der Waals surface area contributed by atoms with Crippen molar-refractivity contribution in [1.82, 2.24) is 15.5 Å². The number of nitrogens with one attached hydrogen (secondary N) is 2. The Bertz CT molecular complexity index is 902. The van der Waals surface area contributed by atoms with Crippen molar-refractivity contribution in [3.63, 3.8) is 0 Å². The fourth-order valence-electron chi connectivity index (χ4n) is 3.67. The first-order valence-corrected chi connectivity index (χ1v) is 12.4. The van der Waals surface area contributed by atoms with Gasteiger partial charge in [0.1, 0.15) is 5.76 Å². The van der Waals surface area contributed by atoms with Crippen LogP contribution in [0.1, 0.15) is 37.1 Å². The molecule has 3 rings (SSSR count). The number of hydrogen-bond acceptors (Lipinski definition) is 5. The average Bonchev–Trinajstić information content (AvgIpc) is 3.43. The van der Waals surface area contributed by atoms with E-state index < -0.39 is 9.84 Å². The number of rotatable bonds is 9. The largest absolute Gasteiger partial charge is 0.468 e. The Hall–Kier alpha value is -2.32. The van der Waals surface area contributed by atoms with Gasteiger partial charge in [0, 0.05) is 19.3 Å². The minimum absolute atomic E-state index is 0.154. The molecule has 164 valence electrons. The molecule has 2 aromatic rings. The zero-order valence-electron chi connectivity index (χ0n) is 17.8. The third kappa shape index (κ3) is 6.34. The number of nitrogens with zero attached hydrogens (tertiary/aromatic N) is 2. The van der Waals surface area contributed by atoms with Crippen LogP contribution < -0.4 is 10.6 Å². The smallest absolute Gasteiger partial charge is 0.191 e. The van der Waals surface area contributed by atoms with E-state index >= 15 is 0 Å². The number of furan rings is 1. The molecule has 30 heavy (non-hydrogen) atoms. The SMILES string of the molecule is CCNC(=NCC(c1ccco1)N1CCCC1)NCCc1ccc(S(C)(=O)=O)cc1. The van der Waals surface area contributed by atoms with Crippen molar-refractivity contribution in [2.24, 2.45) is 4.99 Å². The molecule has 0 bridgehead atoms. The Balaban J connectivity index is 1.58. The van der Waals surface area contributed by atoms with Crippen LogP contribution in [0.25, 0.3) is 0 Å². The summed E-state index contributed by atoms with van der Waals surface area (Å²) in [4.78, 5) is 7.59. The Morgan fingerprint density at radius 3 is 2.50 bits per heavy atom. The third-order valence-electron chi connectivity index (χ3n) is 5.28. The molecule has 0 spiro atoms. The lowest BCUT2D eigenvalue weighted by atomic mass is 10.1. The van der Waals surface area contributed by atoms with Crippen molar-refractivity contribution in [2.45, 2.75) is 37.1 Å². The number of hydrogen-bond donors (Lipinski definition) is 2. The van der Waals surface area contributed by atoms with Gasteiger partial charge in [0.05, 0.1) is 23.7 Å². The van der Waals surface area contributed by atoms with Crippen LogP contribution in [0, 0.1) is 0 Å². The van der Waals surface area contributed by atoms with Gasteiger partial charge in [-0.2, -0.15) is 0 Å². The van der Waals surface area contributed by atoms with Crippen molar-refractivity contribution >= 4 is 15.8 Å². The molecule has 1 saturated heterocycles. The molecule has 1 aromatic carbocycles. The first-order chi connectivity index (χ1) is 14.5. The zero-order chi connectivity index (χ0) is 21.4. The minimum atomic E-state index is -3.16. The van der Waals surface area contributed by atoms with Crippen LogP contribution in [0.2, 0.25) is 0 Å². The van der Waals surface area contributed by atoms with Crippen molar-refractivity contribution < 1.29 is 12.8 Å². The molecule has 0 amide bonds. The lowest BCUT2D eigenvalue weighted by Gasteiger charge is -2.24. The van der Waals surface area contributed by atoms with Crippen LogP contribution in [0.5, 0.6) is 0 Å². The Labute approximate surface area is 179 Å². The second-order valence-corrected chi connectivity index (χ2v) is 9.60. The van der Waals surface area contributed by atoms with Crippen molar-refractivity contribution in [3.8, 4) is 0 Å². The predicted molar refractivity (Wildman–Crippen MR) is 119 cm³/mol. The Morgan fingerprint density at radius 2 is 1.90 bits per heavy atom. The van der Waals surface area contributed by atoms with Crippen molar-refractivity contribution in [3.05, 3.63) is 54.0 Å². The van der Waals surface area contributed by atoms with Gasteiger partial charge in [-0.25, -0.2) is 8.42 Å². The van der Waals surface area contributed by atoms with Crippen LogP contribution in [-0.4, -0.2) is 58.3 Å². The monoisotopic (exact) mass is 432 g/mol. The van der Waals surface area contributed by atoms with Gasteiger partial charge in [0.15, 0.2) is 15.8 Å². The van der Waals surface area contributed by atoms with Gasteiger partial charge in [0.2, 0.25) is 0 Å². The van der Waals surface area contributed by atoms with Gasteiger partial charge in [0.25, 0.3) is 0 Å². The molecule has 2 heterocycles. The van der Waals surface area contributed by atoms with Gasteiger partial charge in [-0.15, -0.1) is 0 Å². The van der Waals surface area contributed by atoms with E-state index in [-0.39, 0.29) is 6.04 Å². The quantitative estimate of drug-likeness (QED) is 0.468. The predicted octanol–water partition coefficient (Wildman–Crippen LogP) is 2.62. The topological polar surface area (TPSA) is 86.9 Å². The molecule has 7 nitrogen and oxygen atoms in total. The van der Waals surface area contributed by atoms with E-state index in [0.29, 0.717) is 18.0 Å². The molecule has 1 aromatic heterocycles. The van der Waals surface area contributed by atoms with E-state index in [1.165, 1.54) is 19.1 Å². The Morgan fingerprint density at radius 1 is 1.17 bits per heavy atom. The zero-order valence-corrected chi connectivity index (χ0v) is 18.6. The molecule has 1 fully saturated rings. The molecule has 0 aliphatic carbocycles. The van der Waals surface area contributed by atoms with Gasteiger partial charge >= 0.3 is 0 Å². The van der Waals surface area contributed by atoms with Crippen molar-refractivity contribution in [2.75, 3.05) is 39.0 Å². The van der Waals surface area contributed by atoms with E-state index in [0.717, 1.165) is 43.3 Å². The van der Waals surface area contributed by atoms with Gasteiger partial charge < -0.3 is 15.1 Å². The summed E-state index contributed by atoms with van der Waals surface area (Å²) in [6.07, 6.45) is 6.17. The van der Waals surface area contributed by atoms with Gasteiger partial charge in [-0.05, 0) is 69.1 Å². The lowest BCUT2D eigenvalue weighted by molar-refractivity contribution is 0.221. The average molecular weight is 433 g/mol. The minimum Gasteiger partial charge on any atom is -0.468 e. The van der Waals surface area contributed by atoms with Crippen LogP contribution >= 0.6 is 0 Å². The maximum absolute atomic E-state index is 11.6. The summed E-state index contributed by atoms with van der Waals surface area (Å²) in [7, 11) is -3.16. The maximum Gasteiger partial charge on any atom is 0.191 e. The fraction of sp³-hybridized carbons (Fsp3) is 0.500. The summed E-state index contributed by atoms with van der Waals surface area (Å²) in [6.45, 7) is 6.32. The van der Waals surface area contributed by atoms with E-state index in [1.807, 2.05) is 31.2 Å². The number of guanidine groups is 1. The van der Waals surface area contributed by atoms with Crippen LogP contribution in [0.3, 0.4) is 0 Å². The number of benzene rings is 1. The number of sulfone groups is 1. The van der Waals surface area contributed by atoms with E-state index in [1.54, 1.807) is 18.4 Å². The summed E-state index contributed by atoms with van der Waals surface area (Å²) in [6, 6.07) is 11.2. The standard InChI is InChI=1S/C22H32N4O3S/c1-3-23-22(24-13-12-18-8-10-19(11-9-18)30(2,27)28)25-17-20(21-7-6-16-29-21)26-14-4-5-15-26/h6-11,16,20H,3-5,12-15,17H2,1-2H3,(H2,23,24,25). The summed E-state index contributed by atoms with van der Waals surface area (Å²) < 4.78 is 28.8. The fourth-order valence-corrected chi connectivity index (χ4v) is 4.30. The first kappa shape index (κ1) is 22.4. The molecule has 1 unspecified atom stereocenters. The maximum atomic E-state index is 11.6. The van der Waals surface area contributed by atoms with Gasteiger partial charge in [-0.1, -0.05) is 12.1 Å². The lowest BCUT2D eigenvalue weighted by Crippen LogP contribution is -2.39. The van der Waals surface area contributed by atoms with Crippen LogP contribution in [0.4, 0.5) is 0 Å². The Kier molecular flexibility index (Phi) is 7.93. The molecule has 2 N–H and O–H groups in total. The summed E-state index contributed by atoms with van der Waals surface area (Å²) in [5.74, 6) is 1.74. The molecule has 1 aliphatic rings. The molecule has 8 heteroatoms. The second-order valence-electron chi connectivity index (χ2n) is 7.59. The highest BCUT2D eigenvalue weighted by atomic mass is 32.2. The summed E-state index contributed by atoms with van der Waals surface area (Å²) in [5.41, 5.74) is 1.08. The molecular formula is C22H32N4O3S. The third-order valence-corrected chi connectivity index (χ3v) is 6.41. The molecule has 1 aliphatic heterocycles. The van der Waals surface area contributed by atoms with Crippen molar-refractivity contribution in [1.29, 1.82) is 0 Å². The first-order valence-electron chi connectivity index (χ1n) is 10.6. The molecule has 0 saturated carbocycles. The molecular weight excluding hydrogens is 400 g/mol. The van der Waals surface area contributed by atoms with E-state index in [2.05, 4.69) is 15.5 Å². The molecule has 1 atom stereocenters. The second kappa shape index (κ2) is 10.6. The highest BCUT2D eigenvalue weighted by Gasteiger charge is 2.25. The highest BCUT2D eigenvalue weighted by molar-refractivity contribution is 7.90. The normalized spacial score (nSPS) is 16.5. The van der Waals surface area contributed by atoms with Gasteiger partial charge in [-0.3, -0.25) is 9.89 Å². The summed E-state index contributed by atoms with van der Waals surface area (Å²) in [5, 5.41) is 6.68. The highest BCUT2D eigenvalue weighted by Crippen LogP contribution is 2.25.